The molecule has 1 fully saturated rings. The lowest BCUT2D eigenvalue weighted by Crippen LogP contribution is -2.39. The fourth-order valence-electron chi connectivity index (χ4n) is 3.54. The SMILES string of the molecule is O=C(CN1CCCC1Cn1cccn1)Nc1ccc2nc(C(F)(F)F)[nH]c2c1. The first-order chi connectivity index (χ1) is 13.4. The number of benzene rings is 1. The van der Waals surface area contributed by atoms with Gasteiger partial charge in [-0.25, -0.2) is 4.98 Å². The van der Waals surface area contributed by atoms with Gasteiger partial charge >= 0.3 is 6.18 Å². The van der Waals surface area contributed by atoms with E-state index in [1.54, 1.807) is 12.3 Å². The number of carbonyl (C=O) groups excluding carboxylic acids is 1. The maximum absolute atomic E-state index is 12.8. The second-order valence-electron chi connectivity index (χ2n) is 6.86. The lowest BCUT2D eigenvalue weighted by atomic mass is 10.2. The maximum atomic E-state index is 12.8. The van der Waals surface area contributed by atoms with Crippen molar-refractivity contribution in [3.8, 4) is 0 Å². The zero-order valence-corrected chi connectivity index (χ0v) is 14.9. The Morgan fingerprint density at radius 3 is 2.96 bits per heavy atom. The van der Waals surface area contributed by atoms with Gasteiger partial charge in [0.15, 0.2) is 0 Å². The summed E-state index contributed by atoms with van der Waals surface area (Å²) in [5.74, 6) is -1.26. The molecule has 7 nitrogen and oxygen atoms in total. The summed E-state index contributed by atoms with van der Waals surface area (Å²) in [6.07, 6.45) is 1.09. The lowest BCUT2D eigenvalue weighted by molar-refractivity contribution is -0.144. The molecule has 0 radical (unpaired) electrons. The highest BCUT2D eigenvalue weighted by Crippen LogP contribution is 2.29. The van der Waals surface area contributed by atoms with Crippen molar-refractivity contribution in [2.45, 2.75) is 31.6 Å². The molecule has 148 valence electrons. The summed E-state index contributed by atoms with van der Waals surface area (Å²) >= 11 is 0. The molecule has 1 atom stereocenters. The van der Waals surface area contributed by atoms with Crippen molar-refractivity contribution in [1.29, 1.82) is 0 Å². The van der Waals surface area contributed by atoms with E-state index in [-0.39, 0.29) is 29.5 Å². The van der Waals surface area contributed by atoms with Gasteiger partial charge in [-0.3, -0.25) is 14.4 Å². The van der Waals surface area contributed by atoms with Crippen LogP contribution >= 0.6 is 0 Å². The van der Waals surface area contributed by atoms with Gasteiger partial charge in [0.05, 0.1) is 24.1 Å². The number of hydrogen-bond acceptors (Lipinski definition) is 4. The monoisotopic (exact) mass is 392 g/mol. The van der Waals surface area contributed by atoms with Crippen LogP contribution in [-0.2, 0) is 17.5 Å². The number of carbonyl (C=O) groups is 1. The number of likely N-dealkylation sites (tertiary alicyclic amines) is 1. The van der Waals surface area contributed by atoms with Crippen molar-refractivity contribution in [2.24, 2.45) is 0 Å². The molecule has 1 aliphatic heterocycles. The van der Waals surface area contributed by atoms with E-state index >= 15 is 0 Å². The lowest BCUT2D eigenvalue weighted by Gasteiger charge is -2.23. The molecule has 2 aromatic heterocycles. The number of aromatic amines is 1. The van der Waals surface area contributed by atoms with E-state index in [0.717, 1.165) is 25.9 Å². The Morgan fingerprint density at radius 1 is 1.36 bits per heavy atom. The summed E-state index contributed by atoms with van der Waals surface area (Å²) in [4.78, 5) is 20.3. The minimum Gasteiger partial charge on any atom is -0.334 e. The van der Waals surface area contributed by atoms with Gasteiger partial charge < -0.3 is 10.3 Å². The summed E-state index contributed by atoms with van der Waals surface area (Å²) < 4.78 is 40.1. The van der Waals surface area contributed by atoms with Crippen LogP contribution in [0.1, 0.15) is 18.7 Å². The Balaban J connectivity index is 1.40. The van der Waals surface area contributed by atoms with Crippen LogP contribution in [0.25, 0.3) is 11.0 Å². The molecule has 1 unspecified atom stereocenters. The van der Waals surface area contributed by atoms with Crippen LogP contribution in [0.5, 0.6) is 0 Å². The zero-order chi connectivity index (χ0) is 19.7. The first-order valence-corrected chi connectivity index (χ1v) is 8.97. The van der Waals surface area contributed by atoms with Crippen LogP contribution < -0.4 is 5.32 Å². The van der Waals surface area contributed by atoms with E-state index in [9.17, 15) is 18.0 Å². The molecule has 2 N–H and O–H groups in total. The van der Waals surface area contributed by atoms with E-state index in [1.165, 1.54) is 12.1 Å². The molecule has 0 saturated carbocycles. The topological polar surface area (TPSA) is 78.8 Å². The highest BCUT2D eigenvalue weighted by Gasteiger charge is 2.34. The molecule has 1 saturated heterocycles. The average Bonchev–Trinajstić information content (AvgIpc) is 3.36. The van der Waals surface area contributed by atoms with Crippen molar-refractivity contribution in [1.82, 2.24) is 24.6 Å². The van der Waals surface area contributed by atoms with Crippen molar-refractivity contribution >= 4 is 22.6 Å². The van der Waals surface area contributed by atoms with Gasteiger partial charge in [0.25, 0.3) is 0 Å². The van der Waals surface area contributed by atoms with E-state index in [4.69, 9.17) is 0 Å². The summed E-state index contributed by atoms with van der Waals surface area (Å²) in [5, 5.41) is 6.97. The summed E-state index contributed by atoms with van der Waals surface area (Å²) in [6.45, 7) is 1.77. The van der Waals surface area contributed by atoms with Crippen LogP contribution in [-0.4, -0.2) is 49.7 Å². The molecule has 0 bridgehead atoms. The highest BCUT2D eigenvalue weighted by atomic mass is 19.4. The van der Waals surface area contributed by atoms with E-state index in [0.29, 0.717) is 5.69 Å². The first-order valence-electron chi connectivity index (χ1n) is 8.97. The highest BCUT2D eigenvalue weighted by molar-refractivity contribution is 5.94. The summed E-state index contributed by atoms with van der Waals surface area (Å²) in [6, 6.07) is 6.55. The third kappa shape index (κ3) is 4.01. The molecular formula is C18H19F3N6O. The maximum Gasteiger partial charge on any atom is 0.449 e. The summed E-state index contributed by atoms with van der Waals surface area (Å²) in [5.41, 5.74) is 0.852. The molecule has 1 aromatic carbocycles. The third-order valence-electron chi connectivity index (χ3n) is 4.84. The summed E-state index contributed by atoms with van der Waals surface area (Å²) in [7, 11) is 0. The Kier molecular flexibility index (Phi) is 4.80. The molecule has 3 aromatic rings. The molecule has 3 heterocycles. The van der Waals surface area contributed by atoms with Gasteiger partial charge in [-0.1, -0.05) is 0 Å². The van der Waals surface area contributed by atoms with Gasteiger partial charge in [-0.15, -0.1) is 0 Å². The molecular weight excluding hydrogens is 373 g/mol. The fraction of sp³-hybridized carbons (Fsp3) is 0.389. The van der Waals surface area contributed by atoms with Crippen LogP contribution in [0, 0.1) is 0 Å². The normalized spacial score (nSPS) is 18.0. The standard InChI is InChI=1S/C18H19F3N6O/c19-18(20,21)17-24-14-5-4-12(9-15(14)25-17)23-16(28)11-26-7-1-3-13(26)10-27-8-2-6-22-27/h2,4-6,8-9,13H,1,3,7,10-11H2,(H,23,28)(H,24,25). The fourth-order valence-corrected chi connectivity index (χ4v) is 3.54. The largest absolute Gasteiger partial charge is 0.449 e. The average molecular weight is 392 g/mol. The molecule has 28 heavy (non-hydrogen) atoms. The Labute approximate surface area is 158 Å². The van der Waals surface area contributed by atoms with E-state index in [1.807, 2.05) is 16.9 Å². The number of amides is 1. The molecule has 10 heteroatoms. The number of hydrogen-bond donors (Lipinski definition) is 2. The van der Waals surface area contributed by atoms with E-state index in [2.05, 4.69) is 25.3 Å². The number of halogens is 3. The number of imidazole rings is 1. The number of rotatable bonds is 5. The van der Waals surface area contributed by atoms with Crippen LogP contribution in [0.3, 0.4) is 0 Å². The zero-order valence-electron chi connectivity index (χ0n) is 14.9. The van der Waals surface area contributed by atoms with Gasteiger partial charge in [-0.05, 0) is 43.7 Å². The van der Waals surface area contributed by atoms with Gasteiger partial charge in [0, 0.05) is 24.1 Å². The van der Waals surface area contributed by atoms with Crippen LogP contribution in [0.15, 0.2) is 36.7 Å². The van der Waals surface area contributed by atoms with Gasteiger partial charge in [0.2, 0.25) is 11.7 Å². The van der Waals surface area contributed by atoms with Gasteiger partial charge in [0.1, 0.15) is 0 Å². The Hall–Kier alpha value is -2.88. The molecule has 0 aliphatic carbocycles. The number of H-pyrrole nitrogens is 1. The quantitative estimate of drug-likeness (QED) is 0.700. The third-order valence-corrected chi connectivity index (χ3v) is 4.84. The number of aromatic nitrogens is 4. The number of fused-ring (bicyclic) bond motifs is 1. The van der Waals surface area contributed by atoms with Crippen molar-refractivity contribution in [3.05, 3.63) is 42.5 Å². The minimum absolute atomic E-state index is 0.198. The molecule has 0 spiro atoms. The number of nitrogens with zero attached hydrogens (tertiary/aromatic N) is 4. The smallest absolute Gasteiger partial charge is 0.334 e. The van der Waals surface area contributed by atoms with Crippen molar-refractivity contribution in [3.63, 3.8) is 0 Å². The van der Waals surface area contributed by atoms with E-state index < -0.39 is 12.0 Å². The first kappa shape index (κ1) is 18.5. The number of anilines is 1. The van der Waals surface area contributed by atoms with Crippen LogP contribution in [0.2, 0.25) is 0 Å². The van der Waals surface area contributed by atoms with Crippen molar-refractivity contribution < 1.29 is 18.0 Å². The van der Waals surface area contributed by atoms with Crippen LogP contribution in [0.4, 0.5) is 18.9 Å². The molecule has 4 rings (SSSR count). The van der Waals surface area contributed by atoms with Gasteiger partial charge in [-0.2, -0.15) is 18.3 Å². The predicted molar refractivity (Wildman–Crippen MR) is 96.5 cm³/mol. The molecule has 1 aliphatic rings. The predicted octanol–water partition coefficient (Wildman–Crippen LogP) is 2.88. The second-order valence-corrected chi connectivity index (χ2v) is 6.86. The number of alkyl halides is 3. The minimum atomic E-state index is -4.54. The van der Waals surface area contributed by atoms with Crippen molar-refractivity contribution in [2.75, 3.05) is 18.4 Å². The Morgan fingerprint density at radius 2 is 2.21 bits per heavy atom. The second kappa shape index (κ2) is 7.27. The Bertz CT molecular complexity index is 966. The number of nitrogens with one attached hydrogen (secondary N) is 2. The molecule has 1 amide bonds.